The third-order valence-corrected chi connectivity index (χ3v) is 3.51. The van der Waals surface area contributed by atoms with Gasteiger partial charge >= 0.3 is 5.97 Å². The number of hydrogen-bond acceptors (Lipinski definition) is 6. The zero-order chi connectivity index (χ0) is 19.1. The van der Waals surface area contributed by atoms with E-state index in [4.69, 9.17) is 10.3 Å². The highest BCUT2D eigenvalue weighted by atomic mass is 16.6. The molecular formula is C17H15N3O6. The van der Waals surface area contributed by atoms with Crippen LogP contribution < -0.4 is 5.32 Å². The van der Waals surface area contributed by atoms with Crippen molar-refractivity contribution in [2.75, 3.05) is 5.32 Å². The SMILES string of the molecule is O=C(O)CC/C(=N/O)c1ccc(NC(=O)c2ccc([N+](=O)[O-])cc2)cc1. The van der Waals surface area contributed by atoms with Gasteiger partial charge in [0.15, 0.2) is 0 Å². The van der Waals surface area contributed by atoms with Gasteiger partial charge in [0.2, 0.25) is 0 Å². The van der Waals surface area contributed by atoms with Crippen molar-refractivity contribution >= 4 is 29.0 Å². The number of rotatable bonds is 7. The van der Waals surface area contributed by atoms with E-state index < -0.39 is 16.8 Å². The van der Waals surface area contributed by atoms with Crippen molar-refractivity contribution < 1.29 is 24.8 Å². The fourth-order valence-electron chi connectivity index (χ4n) is 2.16. The van der Waals surface area contributed by atoms with Crippen molar-refractivity contribution in [3.05, 3.63) is 69.8 Å². The summed E-state index contributed by atoms with van der Waals surface area (Å²) in [6, 6.07) is 11.5. The molecule has 0 saturated carbocycles. The van der Waals surface area contributed by atoms with E-state index in [0.29, 0.717) is 11.3 Å². The number of amides is 1. The molecule has 0 aliphatic rings. The number of carbonyl (C=O) groups is 2. The quantitative estimate of drug-likeness (QED) is 0.301. The largest absolute Gasteiger partial charge is 0.481 e. The second-order valence-electron chi connectivity index (χ2n) is 5.28. The molecule has 2 aromatic carbocycles. The molecular weight excluding hydrogens is 342 g/mol. The fourth-order valence-corrected chi connectivity index (χ4v) is 2.16. The summed E-state index contributed by atoms with van der Waals surface area (Å²) in [6.07, 6.45) is -0.0989. The van der Waals surface area contributed by atoms with Crippen molar-refractivity contribution in [1.82, 2.24) is 0 Å². The smallest absolute Gasteiger partial charge is 0.303 e. The summed E-state index contributed by atoms with van der Waals surface area (Å²) in [5.41, 5.74) is 1.37. The Labute approximate surface area is 147 Å². The van der Waals surface area contributed by atoms with Crippen molar-refractivity contribution in [2.24, 2.45) is 5.16 Å². The summed E-state index contributed by atoms with van der Waals surface area (Å²) in [5, 5.41) is 34.0. The normalized spacial score (nSPS) is 11.0. The van der Waals surface area contributed by atoms with Crippen LogP contribution in [0.25, 0.3) is 0 Å². The van der Waals surface area contributed by atoms with Gasteiger partial charge in [-0.3, -0.25) is 19.7 Å². The Bertz CT molecular complexity index is 844. The first kappa shape index (κ1) is 18.6. The number of nitro groups is 1. The van der Waals surface area contributed by atoms with Crippen LogP contribution in [0.1, 0.15) is 28.8 Å². The zero-order valence-corrected chi connectivity index (χ0v) is 13.5. The lowest BCUT2D eigenvalue weighted by Crippen LogP contribution is -2.12. The highest BCUT2D eigenvalue weighted by molar-refractivity contribution is 6.05. The van der Waals surface area contributed by atoms with Crippen LogP contribution in [0.2, 0.25) is 0 Å². The number of benzene rings is 2. The van der Waals surface area contributed by atoms with Crippen LogP contribution in [-0.2, 0) is 4.79 Å². The summed E-state index contributed by atoms with van der Waals surface area (Å²) in [7, 11) is 0. The maximum atomic E-state index is 12.1. The topological polar surface area (TPSA) is 142 Å². The van der Waals surface area contributed by atoms with Gasteiger partial charge in [0.1, 0.15) is 0 Å². The van der Waals surface area contributed by atoms with E-state index in [1.54, 1.807) is 24.3 Å². The summed E-state index contributed by atoms with van der Waals surface area (Å²) in [5.74, 6) is -1.44. The van der Waals surface area contributed by atoms with E-state index in [9.17, 15) is 19.7 Å². The third-order valence-electron chi connectivity index (χ3n) is 3.51. The van der Waals surface area contributed by atoms with Crippen LogP contribution in [0.3, 0.4) is 0 Å². The van der Waals surface area contributed by atoms with Crippen molar-refractivity contribution in [3.8, 4) is 0 Å². The molecule has 0 atom stereocenters. The molecule has 0 aliphatic heterocycles. The van der Waals surface area contributed by atoms with Gasteiger partial charge in [0.25, 0.3) is 11.6 Å². The van der Waals surface area contributed by atoms with Crippen LogP contribution in [0.15, 0.2) is 53.7 Å². The number of anilines is 1. The molecule has 0 spiro atoms. The predicted molar refractivity (Wildman–Crippen MR) is 92.7 cm³/mol. The summed E-state index contributed by atoms with van der Waals surface area (Å²) in [4.78, 5) is 32.8. The van der Waals surface area contributed by atoms with Gasteiger partial charge in [-0.05, 0) is 29.8 Å². The molecule has 0 saturated heterocycles. The number of carboxylic acid groups (broad SMARTS) is 1. The molecule has 1 amide bonds. The van der Waals surface area contributed by atoms with E-state index in [1.807, 2.05) is 0 Å². The van der Waals surface area contributed by atoms with Crippen LogP contribution >= 0.6 is 0 Å². The molecule has 0 heterocycles. The van der Waals surface area contributed by atoms with Gasteiger partial charge in [-0.1, -0.05) is 17.3 Å². The number of nitro benzene ring substituents is 1. The molecule has 3 N–H and O–H groups in total. The van der Waals surface area contributed by atoms with E-state index >= 15 is 0 Å². The highest BCUT2D eigenvalue weighted by Crippen LogP contribution is 2.16. The number of carboxylic acids is 1. The highest BCUT2D eigenvalue weighted by Gasteiger charge is 2.11. The van der Waals surface area contributed by atoms with Crippen LogP contribution in [-0.4, -0.2) is 32.8 Å². The molecule has 0 radical (unpaired) electrons. The molecule has 0 aliphatic carbocycles. The monoisotopic (exact) mass is 357 g/mol. The molecule has 0 unspecified atom stereocenters. The summed E-state index contributed by atoms with van der Waals surface area (Å²) in [6.45, 7) is 0. The molecule has 9 nitrogen and oxygen atoms in total. The second kappa shape index (κ2) is 8.38. The number of carbonyl (C=O) groups excluding carboxylic acids is 1. The van der Waals surface area contributed by atoms with Gasteiger partial charge in [-0.15, -0.1) is 0 Å². The average Bonchev–Trinajstić information content (AvgIpc) is 2.63. The van der Waals surface area contributed by atoms with Gasteiger partial charge in [0, 0.05) is 29.8 Å². The molecule has 26 heavy (non-hydrogen) atoms. The Morgan fingerprint density at radius 3 is 2.08 bits per heavy atom. The fraction of sp³-hybridized carbons (Fsp3) is 0.118. The Morgan fingerprint density at radius 1 is 1.00 bits per heavy atom. The number of oxime groups is 1. The molecule has 0 aromatic heterocycles. The molecule has 9 heteroatoms. The zero-order valence-electron chi connectivity index (χ0n) is 13.5. The Morgan fingerprint density at radius 2 is 1.58 bits per heavy atom. The molecule has 134 valence electrons. The van der Waals surface area contributed by atoms with Gasteiger partial charge < -0.3 is 15.6 Å². The van der Waals surface area contributed by atoms with E-state index in [2.05, 4.69) is 10.5 Å². The minimum atomic E-state index is -1.00. The molecule has 2 aromatic rings. The number of nitrogens with one attached hydrogen (secondary N) is 1. The summed E-state index contributed by atoms with van der Waals surface area (Å²) < 4.78 is 0. The first-order chi connectivity index (χ1) is 12.4. The molecule has 2 rings (SSSR count). The minimum Gasteiger partial charge on any atom is -0.481 e. The minimum absolute atomic E-state index is 0.0698. The maximum absolute atomic E-state index is 12.1. The number of hydrogen-bond donors (Lipinski definition) is 3. The number of nitrogens with zero attached hydrogens (tertiary/aromatic N) is 2. The standard InChI is InChI=1S/C17H15N3O6/c21-16(22)10-9-15(19-24)11-1-5-13(6-2-11)18-17(23)12-3-7-14(8-4-12)20(25)26/h1-8,24H,9-10H2,(H,18,23)(H,21,22)/b19-15-. The Balaban J connectivity index is 2.05. The summed E-state index contributed by atoms with van der Waals surface area (Å²) >= 11 is 0. The van der Waals surface area contributed by atoms with E-state index in [1.165, 1.54) is 24.3 Å². The van der Waals surface area contributed by atoms with Gasteiger partial charge in [-0.25, -0.2) is 0 Å². The number of aliphatic carboxylic acids is 1. The Hall–Kier alpha value is -3.75. The van der Waals surface area contributed by atoms with Crippen LogP contribution in [0.5, 0.6) is 0 Å². The van der Waals surface area contributed by atoms with Crippen LogP contribution in [0.4, 0.5) is 11.4 Å². The Kier molecular flexibility index (Phi) is 5.99. The van der Waals surface area contributed by atoms with Crippen molar-refractivity contribution in [1.29, 1.82) is 0 Å². The van der Waals surface area contributed by atoms with Gasteiger partial charge in [-0.2, -0.15) is 0 Å². The number of non-ortho nitro benzene ring substituents is 1. The van der Waals surface area contributed by atoms with E-state index in [0.717, 1.165) is 0 Å². The van der Waals surface area contributed by atoms with E-state index in [-0.39, 0.29) is 29.8 Å². The van der Waals surface area contributed by atoms with Crippen LogP contribution in [0, 0.1) is 10.1 Å². The lowest BCUT2D eigenvalue weighted by molar-refractivity contribution is -0.384. The molecule has 0 fully saturated rings. The average molecular weight is 357 g/mol. The van der Waals surface area contributed by atoms with Crippen molar-refractivity contribution in [3.63, 3.8) is 0 Å². The predicted octanol–water partition coefficient (Wildman–Crippen LogP) is 2.89. The first-order valence-electron chi connectivity index (χ1n) is 7.49. The first-order valence-corrected chi connectivity index (χ1v) is 7.49. The lowest BCUT2D eigenvalue weighted by atomic mass is 10.1. The lowest BCUT2D eigenvalue weighted by Gasteiger charge is -2.07. The maximum Gasteiger partial charge on any atom is 0.303 e. The van der Waals surface area contributed by atoms with Gasteiger partial charge in [0.05, 0.1) is 17.1 Å². The van der Waals surface area contributed by atoms with Crippen molar-refractivity contribution in [2.45, 2.75) is 12.8 Å². The third kappa shape index (κ3) is 4.87. The molecule has 0 bridgehead atoms. The second-order valence-corrected chi connectivity index (χ2v) is 5.28.